The Morgan fingerprint density at radius 2 is 1.81 bits per heavy atom. The van der Waals surface area contributed by atoms with Crippen molar-refractivity contribution in [3.63, 3.8) is 0 Å². The van der Waals surface area contributed by atoms with E-state index < -0.39 is 40.6 Å². The molecule has 7 nitrogen and oxygen atoms in total. The lowest BCUT2D eigenvalue weighted by molar-refractivity contribution is -0.155. The first-order valence-electron chi connectivity index (χ1n) is 11.9. The molecular weight excluding hydrogens is 560 g/mol. The second-order valence-corrected chi connectivity index (χ2v) is 11.8. The van der Waals surface area contributed by atoms with Gasteiger partial charge in [0.05, 0.1) is 18.6 Å². The maximum absolute atomic E-state index is 13.9. The fourth-order valence-electron chi connectivity index (χ4n) is 5.86. The predicted octanol–water partition coefficient (Wildman–Crippen LogP) is 4.67. The van der Waals surface area contributed by atoms with Crippen molar-refractivity contribution < 1.29 is 24.5 Å². The Hall–Kier alpha value is -2.65. The molecule has 1 amide bonds. The quantitative estimate of drug-likeness (QED) is 0.384. The van der Waals surface area contributed by atoms with Crippen molar-refractivity contribution >= 4 is 33.4 Å². The molecule has 0 saturated heterocycles. The van der Waals surface area contributed by atoms with Crippen LogP contribution in [0.2, 0.25) is 5.15 Å². The van der Waals surface area contributed by atoms with E-state index in [0.29, 0.717) is 5.56 Å². The first-order chi connectivity index (χ1) is 17.4. The average molecular weight is 588 g/mol. The summed E-state index contributed by atoms with van der Waals surface area (Å²) < 4.78 is 13.1. The number of fused-ring (bicyclic) bond motifs is 3. The molecule has 1 saturated carbocycles. The number of methoxy groups -OCH3 is 1. The van der Waals surface area contributed by atoms with Crippen molar-refractivity contribution in [2.24, 2.45) is 5.92 Å². The van der Waals surface area contributed by atoms with Crippen LogP contribution in [0, 0.1) is 5.92 Å². The molecule has 0 radical (unpaired) electrons. The average Bonchev–Trinajstić information content (AvgIpc) is 3.21. The molecule has 2 aliphatic rings. The molecule has 2 aromatic carbocycles. The molecular formula is C28H28BrClN2O5. The number of aliphatic hydroxyl groups excluding tert-OH is 1. The molecule has 194 valence electrons. The predicted molar refractivity (Wildman–Crippen MR) is 143 cm³/mol. The smallest absolute Gasteiger partial charge is 0.227 e. The monoisotopic (exact) mass is 586 g/mol. The molecule has 0 spiro atoms. The van der Waals surface area contributed by atoms with Gasteiger partial charge in [0.15, 0.2) is 11.2 Å². The molecule has 3 aromatic rings. The Morgan fingerprint density at radius 1 is 1.16 bits per heavy atom. The number of benzene rings is 2. The van der Waals surface area contributed by atoms with Gasteiger partial charge in [0.2, 0.25) is 11.8 Å². The van der Waals surface area contributed by atoms with Gasteiger partial charge in [-0.3, -0.25) is 4.79 Å². The first-order valence-corrected chi connectivity index (χ1v) is 13.1. The van der Waals surface area contributed by atoms with Crippen molar-refractivity contribution in [3.8, 4) is 11.6 Å². The van der Waals surface area contributed by atoms with Gasteiger partial charge in [0, 0.05) is 22.0 Å². The maximum atomic E-state index is 13.9. The van der Waals surface area contributed by atoms with Crippen molar-refractivity contribution in [1.82, 2.24) is 10.3 Å². The number of nitrogens with one attached hydrogen (secondary N) is 1. The van der Waals surface area contributed by atoms with Crippen LogP contribution in [0.25, 0.3) is 0 Å². The highest BCUT2D eigenvalue weighted by Crippen LogP contribution is 2.69. The van der Waals surface area contributed by atoms with Gasteiger partial charge in [0.1, 0.15) is 17.0 Å². The minimum atomic E-state index is -2.11. The molecule has 9 heteroatoms. The zero-order chi connectivity index (χ0) is 26.8. The SMILES string of the molecule is COc1nc(Cl)cc2c1C1(O)C(O)C(C(=O)NC(C)(C)C)C(c3ccccc3)C1(c1ccc(Br)cc1)O2. The molecule has 1 aliphatic heterocycles. The summed E-state index contributed by atoms with van der Waals surface area (Å²) in [5.41, 5.74) is -2.85. The summed E-state index contributed by atoms with van der Waals surface area (Å²) in [7, 11) is 1.40. The minimum absolute atomic E-state index is 0.0201. The van der Waals surface area contributed by atoms with Gasteiger partial charge in [0.25, 0.3) is 0 Å². The number of ether oxygens (including phenoxy) is 2. The van der Waals surface area contributed by atoms with E-state index in [1.165, 1.54) is 13.2 Å². The van der Waals surface area contributed by atoms with Crippen LogP contribution < -0.4 is 14.8 Å². The van der Waals surface area contributed by atoms with Gasteiger partial charge in [-0.05, 0) is 44.0 Å². The topological polar surface area (TPSA) is 101 Å². The number of hydrogen-bond acceptors (Lipinski definition) is 6. The van der Waals surface area contributed by atoms with Crippen LogP contribution in [-0.4, -0.2) is 39.9 Å². The van der Waals surface area contributed by atoms with Gasteiger partial charge in [-0.2, -0.15) is 0 Å². The number of hydrogen-bond donors (Lipinski definition) is 3. The Bertz CT molecular complexity index is 1350. The van der Waals surface area contributed by atoms with Crippen LogP contribution in [0.1, 0.15) is 43.4 Å². The number of pyridine rings is 1. The number of amides is 1. The van der Waals surface area contributed by atoms with Gasteiger partial charge in [-0.15, -0.1) is 0 Å². The summed E-state index contributed by atoms with van der Waals surface area (Å²) >= 11 is 9.75. The van der Waals surface area contributed by atoms with E-state index >= 15 is 0 Å². The summed E-state index contributed by atoms with van der Waals surface area (Å²) in [6.07, 6.45) is -1.58. The number of aromatic nitrogens is 1. The van der Waals surface area contributed by atoms with Gasteiger partial charge >= 0.3 is 0 Å². The van der Waals surface area contributed by atoms with Crippen LogP contribution in [0.15, 0.2) is 65.1 Å². The number of aliphatic hydroxyl groups is 2. The van der Waals surface area contributed by atoms with E-state index in [0.717, 1.165) is 10.0 Å². The van der Waals surface area contributed by atoms with Crippen LogP contribution in [0.5, 0.6) is 11.6 Å². The van der Waals surface area contributed by atoms with Crippen molar-refractivity contribution in [2.75, 3.05) is 7.11 Å². The molecule has 2 heterocycles. The molecule has 3 N–H and O–H groups in total. The molecule has 0 bridgehead atoms. The Labute approximate surface area is 228 Å². The first kappa shape index (κ1) is 26.0. The Morgan fingerprint density at radius 3 is 2.41 bits per heavy atom. The fourth-order valence-corrected chi connectivity index (χ4v) is 6.30. The van der Waals surface area contributed by atoms with Crippen molar-refractivity contribution in [3.05, 3.63) is 87.0 Å². The summed E-state index contributed by atoms with van der Waals surface area (Å²) in [4.78, 5) is 18.1. The maximum Gasteiger partial charge on any atom is 0.227 e. The second-order valence-electron chi connectivity index (χ2n) is 10.5. The lowest BCUT2D eigenvalue weighted by atomic mass is 9.70. The summed E-state index contributed by atoms with van der Waals surface area (Å²) in [5.74, 6) is -2.03. The fraction of sp³-hybridized carbons (Fsp3) is 0.357. The van der Waals surface area contributed by atoms with Gasteiger partial charge < -0.3 is 25.0 Å². The third-order valence-electron chi connectivity index (χ3n) is 7.13. The number of nitrogens with zero attached hydrogens (tertiary/aromatic N) is 1. The number of carbonyl (C=O) groups excluding carboxylic acids is 1. The van der Waals surface area contributed by atoms with E-state index in [-0.39, 0.29) is 22.3 Å². The zero-order valence-electron chi connectivity index (χ0n) is 20.8. The number of halogens is 2. The van der Waals surface area contributed by atoms with Crippen LogP contribution in [0.4, 0.5) is 0 Å². The molecule has 5 unspecified atom stereocenters. The lowest BCUT2D eigenvalue weighted by Gasteiger charge is -2.40. The molecule has 1 fully saturated rings. The second kappa shape index (κ2) is 8.98. The molecule has 1 aromatic heterocycles. The van der Waals surface area contributed by atoms with E-state index in [1.807, 2.05) is 75.4 Å². The van der Waals surface area contributed by atoms with Crippen LogP contribution >= 0.6 is 27.5 Å². The van der Waals surface area contributed by atoms with E-state index in [9.17, 15) is 15.0 Å². The van der Waals surface area contributed by atoms with Crippen LogP contribution in [-0.2, 0) is 16.0 Å². The minimum Gasteiger partial charge on any atom is -0.481 e. The van der Waals surface area contributed by atoms with E-state index in [1.54, 1.807) is 0 Å². The van der Waals surface area contributed by atoms with E-state index in [2.05, 4.69) is 26.2 Å². The molecule has 1 aliphatic carbocycles. The number of rotatable bonds is 4. The third-order valence-corrected chi connectivity index (χ3v) is 7.85. The highest BCUT2D eigenvalue weighted by Gasteiger charge is 2.78. The molecule has 5 atom stereocenters. The Kier molecular flexibility index (Phi) is 6.30. The zero-order valence-corrected chi connectivity index (χ0v) is 23.2. The van der Waals surface area contributed by atoms with E-state index in [4.69, 9.17) is 21.1 Å². The highest BCUT2D eigenvalue weighted by molar-refractivity contribution is 9.10. The van der Waals surface area contributed by atoms with Crippen molar-refractivity contribution in [2.45, 2.75) is 49.5 Å². The normalized spacial score (nSPS) is 28.3. The Balaban J connectivity index is 1.86. The standard InChI is InChI=1S/C28H28BrClN2O5/c1-26(2,3)32-24(34)20-21(15-8-6-5-7-9-15)28(16-10-12-17(29)13-11-16)27(35,23(20)33)22-18(37-28)14-19(30)31-25(22)36-4/h5-14,20-21,23,33,35H,1-4H3,(H,32,34). The van der Waals surface area contributed by atoms with Gasteiger partial charge in [-0.1, -0.05) is 70.0 Å². The summed E-state index contributed by atoms with van der Waals surface area (Å²) in [6.45, 7) is 5.60. The highest BCUT2D eigenvalue weighted by atomic mass is 79.9. The third kappa shape index (κ3) is 3.84. The van der Waals surface area contributed by atoms with Gasteiger partial charge in [-0.25, -0.2) is 4.98 Å². The largest absolute Gasteiger partial charge is 0.481 e. The lowest BCUT2D eigenvalue weighted by Crippen LogP contribution is -2.52. The number of carbonyl (C=O) groups is 1. The molecule has 5 rings (SSSR count). The molecule has 37 heavy (non-hydrogen) atoms. The van der Waals surface area contributed by atoms with Crippen LogP contribution in [0.3, 0.4) is 0 Å². The summed E-state index contributed by atoms with van der Waals surface area (Å²) in [5, 5.41) is 27.9. The summed E-state index contributed by atoms with van der Waals surface area (Å²) in [6, 6.07) is 18.1. The van der Waals surface area contributed by atoms with Crippen molar-refractivity contribution in [1.29, 1.82) is 0 Å².